The Morgan fingerprint density at radius 3 is 2.71 bits per heavy atom. The van der Waals surface area contributed by atoms with E-state index in [0.717, 1.165) is 25.2 Å². The molecule has 1 aliphatic rings. The van der Waals surface area contributed by atoms with Gasteiger partial charge in [-0.15, -0.1) is 6.58 Å². The minimum Gasteiger partial charge on any atom is -0.391 e. The summed E-state index contributed by atoms with van der Waals surface area (Å²) in [6.07, 6.45) is 0.434. The first kappa shape index (κ1) is 11.7. The second-order valence-electron chi connectivity index (χ2n) is 4.54. The molecule has 1 heterocycles. The third-order valence-electron chi connectivity index (χ3n) is 2.90. The molecule has 1 aliphatic heterocycles. The van der Waals surface area contributed by atoms with Gasteiger partial charge in [-0.2, -0.15) is 0 Å². The number of aliphatic hydroxyl groups is 1. The molecule has 2 atom stereocenters. The SMILES string of the molecule is C=C(C)CC(O)C1CN(C)CCN1C. The van der Waals surface area contributed by atoms with Crippen molar-refractivity contribution in [2.24, 2.45) is 0 Å². The average molecular weight is 198 g/mol. The molecular formula is C11H22N2O. The van der Waals surface area contributed by atoms with Crippen LogP contribution in [0.2, 0.25) is 0 Å². The number of rotatable bonds is 3. The van der Waals surface area contributed by atoms with Gasteiger partial charge < -0.3 is 10.0 Å². The molecule has 3 heteroatoms. The van der Waals surface area contributed by atoms with Crippen LogP contribution in [0.25, 0.3) is 0 Å². The van der Waals surface area contributed by atoms with Crippen molar-refractivity contribution in [2.45, 2.75) is 25.5 Å². The lowest BCUT2D eigenvalue weighted by molar-refractivity contribution is 0.0154. The first-order valence-corrected chi connectivity index (χ1v) is 5.22. The first-order valence-electron chi connectivity index (χ1n) is 5.22. The maximum absolute atomic E-state index is 10.0. The lowest BCUT2D eigenvalue weighted by atomic mass is 10.0. The summed E-state index contributed by atoms with van der Waals surface area (Å²) in [6, 6.07) is 0.255. The quantitative estimate of drug-likeness (QED) is 0.671. The monoisotopic (exact) mass is 198 g/mol. The summed E-state index contributed by atoms with van der Waals surface area (Å²) in [7, 11) is 4.19. The average Bonchev–Trinajstić information content (AvgIpc) is 2.08. The van der Waals surface area contributed by atoms with Crippen molar-refractivity contribution < 1.29 is 5.11 Å². The Bertz CT molecular complexity index is 205. The van der Waals surface area contributed by atoms with Crippen LogP contribution >= 0.6 is 0 Å². The standard InChI is InChI=1S/C11H22N2O/c1-9(2)7-11(14)10-8-12(3)5-6-13(10)4/h10-11,14H,1,5-8H2,2-4H3. The van der Waals surface area contributed by atoms with Gasteiger partial charge in [-0.05, 0) is 27.4 Å². The molecule has 0 aromatic heterocycles. The fraction of sp³-hybridized carbons (Fsp3) is 0.818. The zero-order valence-corrected chi connectivity index (χ0v) is 9.53. The third-order valence-corrected chi connectivity index (χ3v) is 2.90. The largest absolute Gasteiger partial charge is 0.391 e. The van der Waals surface area contributed by atoms with Crippen LogP contribution in [0.3, 0.4) is 0 Å². The van der Waals surface area contributed by atoms with Crippen molar-refractivity contribution in [3.63, 3.8) is 0 Å². The molecular weight excluding hydrogens is 176 g/mol. The van der Waals surface area contributed by atoms with Crippen LogP contribution in [0.1, 0.15) is 13.3 Å². The Morgan fingerprint density at radius 2 is 2.14 bits per heavy atom. The van der Waals surface area contributed by atoms with Crippen LogP contribution in [-0.4, -0.2) is 60.8 Å². The van der Waals surface area contributed by atoms with Gasteiger partial charge in [0, 0.05) is 25.7 Å². The van der Waals surface area contributed by atoms with Gasteiger partial charge in [-0.25, -0.2) is 0 Å². The van der Waals surface area contributed by atoms with Gasteiger partial charge in [0.1, 0.15) is 0 Å². The molecule has 0 radical (unpaired) electrons. The zero-order chi connectivity index (χ0) is 10.7. The fourth-order valence-corrected chi connectivity index (χ4v) is 1.95. The lowest BCUT2D eigenvalue weighted by Crippen LogP contribution is -2.55. The molecule has 0 aromatic carbocycles. The van der Waals surface area contributed by atoms with Gasteiger partial charge >= 0.3 is 0 Å². The normalized spacial score (nSPS) is 27.6. The highest BCUT2D eigenvalue weighted by molar-refractivity contribution is 4.95. The minimum atomic E-state index is -0.278. The number of likely N-dealkylation sites (N-methyl/N-ethyl adjacent to an activating group) is 2. The van der Waals surface area contributed by atoms with Crippen molar-refractivity contribution in [1.82, 2.24) is 9.80 Å². The zero-order valence-electron chi connectivity index (χ0n) is 9.53. The van der Waals surface area contributed by atoms with E-state index in [1.807, 2.05) is 6.92 Å². The molecule has 1 N–H and O–H groups in total. The van der Waals surface area contributed by atoms with Crippen molar-refractivity contribution in [3.05, 3.63) is 12.2 Å². The lowest BCUT2D eigenvalue weighted by Gasteiger charge is -2.40. The Morgan fingerprint density at radius 1 is 1.50 bits per heavy atom. The van der Waals surface area contributed by atoms with Gasteiger partial charge in [0.25, 0.3) is 0 Å². The van der Waals surface area contributed by atoms with E-state index in [9.17, 15) is 5.11 Å². The van der Waals surface area contributed by atoms with Crippen molar-refractivity contribution >= 4 is 0 Å². The molecule has 0 amide bonds. The van der Waals surface area contributed by atoms with E-state index in [2.05, 4.69) is 30.5 Å². The Balaban J connectivity index is 2.51. The van der Waals surface area contributed by atoms with Crippen molar-refractivity contribution in [1.29, 1.82) is 0 Å². The first-order chi connectivity index (χ1) is 6.50. The predicted octanol–water partition coefficient (Wildman–Crippen LogP) is 0.559. The van der Waals surface area contributed by atoms with Gasteiger partial charge in [-0.1, -0.05) is 5.57 Å². The summed E-state index contributed by atoms with van der Waals surface area (Å²) >= 11 is 0. The van der Waals surface area contributed by atoms with E-state index in [1.165, 1.54) is 0 Å². The summed E-state index contributed by atoms with van der Waals surface area (Å²) in [6.45, 7) is 8.89. The highest BCUT2D eigenvalue weighted by atomic mass is 16.3. The van der Waals surface area contributed by atoms with Crippen LogP contribution in [-0.2, 0) is 0 Å². The molecule has 1 fully saturated rings. The predicted molar refractivity (Wildman–Crippen MR) is 59.4 cm³/mol. The number of hydrogen-bond donors (Lipinski definition) is 1. The summed E-state index contributed by atoms with van der Waals surface area (Å²) in [5, 5.41) is 10.0. The van der Waals surface area contributed by atoms with Crippen LogP contribution in [0.4, 0.5) is 0 Å². The number of aliphatic hydroxyl groups excluding tert-OH is 1. The third kappa shape index (κ3) is 3.08. The molecule has 0 bridgehead atoms. The molecule has 1 rings (SSSR count). The highest BCUT2D eigenvalue weighted by Gasteiger charge is 2.28. The number of hydrogen-bond acceptors (Lipinski definition) is 3. The molecule has 82 valence electrons. The Kier molecular flexibility index (Phi) is 4.11. The Labute approximate surface area is 87.0 Å². The molecule has 0 aromatic rings. The summed E-state index contributed by atoms with van der Waals surface area (Å²) in [5.41, 5.74) is 1.05. The number of piperazine rings is 1. The molecule has 1 saturated heterocycles. The van der Waals surface area contributed by atoms with Crippen molar-refractivity contribution in [3.8, 4) is 0 Å². The van der Waals surface area contributed by atoms with Crippen LogP contribution in [0.5, 0.6) is 0 Å². The second-order valence-corrected chi connectivity index (χ2v) is 4.54. The summed E-state index contributed by atoms with van der Waals surface area (Å²) in [4.78, 5) is 4.51. The van der Waals surface area contributed by atoms with E-state index < -0.39 is 0 Å². The van der Waals surface area contributed by atoms with Crippen LogP contribution < -0.4 is 0 Å². The van der Waals surface area contributed by atoms with E-state index in [1.54, 1.807) is 0 Å². The van der Waals surface area contributed by atoms with E-state index in [-0.39, 0.29) is 12.1 Å². The van der Waals surface area contributed by atoms with Gasteiger partial charge in [0.2, 0.25) is 0 Å². The smallest absolute Gasteiger partial charge is 0.0744 e. The maximum atomic E-state index is 10.0. The number of nitrogens with zero attached hydrogens (tertiary/aromatic N) is 2. The summed E-state index contributed by atoms with van der Waals surface area (Å²) < 4.78 is 0. The molecule has 3 nitrogen and oxygen atoms in total. The van der Waals surface area contributed by atoms with Crippen molar-refractivity contribution in [2.75, 3.05) is 33.7 Å². The molecule has 2 unspecified atom stereocenters. The Hall–Kier alpha value is -0.380. The minimum absolute atomic E-state index is 0.255. The highest BCUT2D eigenvalue weighted by Crippen LogP contribution is 2.14. The van der Waals surface area contributed by atoms with E-state index >= 15 is 0 Å². The fourth-order valence-electron chi connectivity index (χ4n) is 1.95. The van der Waals surface area contributed by atoms with E-state index in [0.29, 0.717) is 6.42 Å². The summed E-state index contributed by atoms with van der Waals surface area (Å²) in [5.74, 6) is 0. The molecule has 0 spiro atoms. The molecule has 0 aliphatic carbocycles. The molecule has 0 saturated carbocycles. The van der Waals surface area contributed by atoms with Crippen LogP contribution in [0, 0.1) is 0 Å². The topological polar surface area (TPSA) is 26.7 Å². The molecule has 14 heavy (non-hydrogen) atoms. The van der Waals surface area contributed by atoms with Gasteiger partial charge in [-0.3, -0.25) is 4.90 Å². The van der Waals surface area contributed by atoms with Crippen LogP contribution in [0.15, 0.2) is 12.2 Å². The van der Waals surface area contributed by atoms with Gasteiger partial charge in [0.05, 0.1) is 6.10 Å². The second kappa shape index (κ2) is 4.91. The van der Waals surface area contributed by atoms with E-state index in [4.69, 9.17) is 0 Å². The van der Waals surface area contributed by atoms with Gasteiger partial charge in [0.15, 0.2) is 0 Å². The maximum Gasteiger partial charge on any atom is 0.0744 e.